The molecule has 2 aromatic heterocycles. The van der Waals surface area contributed by atoms with Crippen molar-refractivity contribution >= 4 is 45.0 Å². The van der Waals surface area contributed by atoms with Crippen LogP contribution in [0.2, 0.25) is 5.02 Å². The largest absolute Gasteiger partial charge is 0.505 e. The Balaban J connectivity index is 2.04. The molecule has 0 amide bonds. The average Bonchev–Trinajstić information content (AvgIpc) is 3.24. The number of aliphatic carboxylic acids is 1. The highest BCUT2D eigenvalue weighted by Gasteiger charge is 2.30. The number of ketones is 1. The van der Waals surface area contributed by atoms with E-state index in [1.807, 2.05) is 0 Å². The molecule has 4 rings (SSSR count). The molecule has 2 heterocycles. The molecule has 2 aromatic carbocycles. The Kier molecular flexibility index (Phi) is 5.79. The monoisotopic (exact) mass is 469 g/mol. The molecule has 4 N–H and O–H groups in total. The molecule has 0 bridgehead atoms. The molecule has 0 spiro atoms. The minimum Gasteiger partial charge on any atom is -0.505 e. The standard InChI is InChI=1S/C22H16ClN3O5S/c1-31-13-4-2-3-11(9-13)17-21-14(16(26-32-21)10-5-7-12(23)8-6-10)19(27)18(25-17)20(28)15(24)22(29)30/h2-9,15,27H,24H2,1H3,(H,29,30). The first-order chi connectivity index (χ1) is 15.3. The van der Waals surface area contributed by atoms with Crippen molar-refractivity contribution in [1.82, 2.24) is 9.36 Å². The summed E-state index contributed by atoms with van der Waals surface area (Å²) < 4.78 is 10.3. The van der Waals surface area contributed by atoms with E-state index in [1.54, 1.807) is 48.5 Å². The zero-order valence-corrected chi connectivity index (χ0v) is 18.1. The van der Waals surface area contributed by atoms with Gasteiger partial charge in [0.2, 0.25) is 5.78 Å². The summed E-state index contributed by atoms with van der Waals surface area (Å²) in [6, 6.07) is 11.9. The molecule has 0 fully saturated rings. The molecule has 4 aromatic rings. The highest BCUT2D eigenvalue weighted by molar-refractivity contribution is 7.14. The lowest BCUT2D eigenvalue weighted by Gasteiger charge is -2.12. The maximum absolute atomic E-state index is 12.8. The number of fused-ring (bicyclic) bond motifs is 1. The zero-order valence-electron chi connectivity index (χ0n) is 16.6. The molecule has 1 atom stereocenters. The predicted molar refractivity (Wildman–Crippen MR) is 121 cm³/mol. The van der Waals surface area contributed by atoms with Crippen LogP contribution in [0.3, 0.4) is 0 Å². The Morgan fingerprint density at radius 2 is 1.84 bits per heavy atom. The predicted octanol–water partition coefficient (Wildman–Crippen LogP) is 3.99. The molecule has 32 heavy (non-hydrogen) atoms. The molecule has 0 saturated carbocycles. The van der Waals surface area contributed by atoms with E-state index < -0.39 is 29.2 Å². The quantitative estimate of drug-likeness (QED) is 0.285. The van der Waals surface area contributed by atoms with Crippen molar-refractivity contribution in [3.63, 3.8) is 0 Å². The van der Waals surface area contributed by atoms with Gasteiger partial charge in [0.1, 0.15) is 5.75 Å². The van der Waals surface area contributed by atoms with Crippen LogP contribution in [0.1, 0.15) is 10.5 Å². The summed E-state index contributed by atoms with van der Waals surface area (Å²) in [6.07, 6.45) is 0. The summed E-state index contributed by atoms with van der Waals surface area (Å²) in [6.45, 7) is 0. The highest BCUT2D eigenvalue weighted by Crippen LogP contribution is 2.43. The lowest BCUT2D eigenvalue weighted by molar-refractivity contribution is -0.137. The Bertz CT molecular complexity index is 1350. The number of aromatic nitrogens is 2. The molecule has 0 saturated heterocycles. The number of Topliss-reactive ketones (excluding diaryl/α,β-unsaturated/α-hetero) is 1. The molecule has 10 heteroatoms. The van der Waals surface area contributed by atoms with E-state index >= 15 is 0 Å². The van der Waals surface area contributed by atoms with E-state index in [1.165, 1.54) is 7.11 Å². The van der Waals surface area contributed by atoms with Gasteiger partial charge < -0.3 is 20.7 Å². The topological polar surface area (TPSA) is 136 Å². The fourth-order valence-electron chi connectivity index (χ4n) is 3.21. The van der Waals surface area contributed by atoms with Gasteiger partial charge in [0.15, 0.2) is 17.5 Å². The minimum atomic E-state index is -1.88. The third kappa shape index (κ3) is 3.77. The molecular weight excluding hydrogens is 454 g/mol. The number of ether oxygens (including phenoxy) is 1. The maximum Gasteiger partial charge on any atom is 0.328 e. The summed E-state index contributed by atoms with van der Waals surface area (Å²) in [5.41, 5.74) is 7.09. The van der Waals surface area contributed by atoms with Crippen LogP contribution in [-0.2, 0) is 4.79 Å². The lowest BCUT2D eigenvalue weighted by Crippen LogP contribution is -2.39. The van der Waals surface area contributed by atoms with Crippen LogP contribution in [0.25, 0.3) is 32.6 Å². The Hall–Kier alpha value is -3.53. The smallest absolute Gasteiger partial charge is 0.328 e. The van der Waals surface area contributed by atoms with E-state index in [0.29, 0.717) is 38.0 Å². The van der Waals surface area contributed by atoms with Crippen LogP contribution in [-0.4, -0.2) is 44.5 Å². The molecule has 0 aliphatic carbocycles. The number of carboxylic acids is 1. The third-order valence-corrected chi connectivity index (χ3v) is 5.94. The number of rotatable bonds is 6. The highest BCUT2D eigenvalue weighted by atomic mass is 35.5. The zero-order chi connectivity index (χ0) is 23.0. The SMILES string of the molecule is COc1cccc(-c2nc(C(=O)C(N)C(=O)O)c(O)c3c(-c4ccc(Cl)cc4)nsc23)c1. The Morgan fingerprint density at radius 1 is 1.12 bits per heavy atom. The fourth-order valence-corrected chi connectivity index (χ4v) is 4.25. The van der Waals surface area contributed by atoms with Gasteiger partial charge in [-0.2, -0.15) is 4.37 Å². The fraction of sp³-hybridized carbons (Fsp3) is 0.0909. The van der Waals surface area contributed by atoms with Gasteiger partial charge in [0, 0.05) is 16.1 Å². The molecule has 162 valence electrons. The Labute approximate surface area is 191 Å². The van der Waals surface area contributed by atoms with Gasteiger partial charge in [-0.1, -0.05) is 35.9 Å². The number of nitrogens with zero attached hydrogens (tertiary/aromatic N) is 2. The van der Waals surface area contributed by atoms with Crippen LogP contribution < -0.4 is 10.5 Å². The van der Waals surface area contributed by atoms with Gasteiger partial charge in [0.05, 0.1) is 28.6 Å². The number of hydrogen-bond donors (Lipinski definition) is 3. The lowest BCUT2D eigenvalue weighted by atomic mass is 10.0. The summed E-state index contributed by atoms with van der Waals surface area (Å²) in [7, 11) is 1.52. The van der Waals surface area contributed by atoms with Crippen molar-refractivity contribution in [2.75, 3.05) is 7.11 Å². The Morgan fingerprint density at radius 3 is 2.50 bits per heavy atom. The number of pyridine rings is 1. The molecule has 1 unspecified atom stereocenters. The number of methoxy groups -OCH3 is 1. The number of carbonyl (C=O) groups is 2. The first-order valence-corrected chi connectivity index (χ1v) is 10.4. The summed E-state index contributed by atoms with van der Waals surface area (Å²) in [5.74, 6) is -2.47. The molecule has 0 radical (unpaired) electrons. The van der Waals surface area contributed by atoms with Crippen LogP contribution in [0, 0.1) is 0 Å². The number of halogens is 1. The number of hydrogen-bond acceptors (Lipinski definition) is 8. The number of nitrogens with two attached hydrogens (primary N) is 1. The summed E-state index contributed by atoms with van der Waals surface area (Å²) in [5, 5.41) is 21.0. The average molecular weight is 470 g/mol. The second-order valence-corrected chi connectivity index (χ2v) is 8.02. The second kappa shape index (κ2) is 8.54. The maximum atomic E-state index is 12.8. The number of carbonyl (C=O) groups excluding carboxylic acids is 1. The van der Waals surface area contributed by atoms with Gasteiger partial charge in [-0.05, 0) is 35.8 Å². The minimum absolute atomic E-state index is 0.270. The van der Waals surface area contributed by atoms with E-state index in [4.69, 9.17) is 22.1 Å². The van der Waals surface area contributed by atoms with Gasteiger partial charge in [-0.3, -0.25) is 9.59 Å². The van der Waals surface area contributed by atoms with Crippen LogP contribution >= 0.6 is 23.1 Å². The number of benzene rings is 2. The van der Waals surface area contributed by atoms with Crippen molar-refractivity contribution in [2.45, 2.75) is 6.04 Å². The van der Waals surface area contributed by atoms with Crippen LogP contribution in [0.15, 0.2) is 48.5 Å². The molecular formula is C22H16ClN3O5S. The molecule has 0 aliphatic rings. The first kappa shape index (κ1) is 21.7. The van der Waals surface area contributed by atoms with Gasteiger partial charge in [-0.15, -0.1) is 0 Å². The summed E-state index contributed by atoms with van der Waals surface area (Å²) >= 11 is 7.08. The van der Waals surface area contributed by atoms with Gasteiger partial charge >= 0.3 is 5.97 Å². The third-order valence-electron chi connectivity index (χ3n) is 4.83. The van der Waals surface area contributed by atoms with Crippen molar-refractivity contribution in [1.29, 1.82) is 0 Å². The van der Waals surface area contributed by atoms with E-state index in [2.05, 4.69) is 9.36 Å². The van der Waals surface area contributed by atoms with Crippen molar-refractivity contribution in [2.24, 2.45) is 5.73 Å². The van der Waals surface area contributed by atoms with Gasteiger partial charge in [-0.25, -0.2) is 4.98 Å². The van der Waals surface area contributed by atoms with E-state index in [9.17, 15) is 19.8 Å². The van der Waals surface area contributed by atoms with E-state index in [0.717, 1.165) is 11.5 Å². The first-order valence-electron chi connectivity index (χ1n) is 9.27. The normalized spacial score (nSPS) is 12.0. The summed E-state index contributed by atoms with van der Waals surface area (Å²) in [4.78, 5) is 28.4. The van der Waals surface area contributed by atoms with Crippen molar-refractivity contribution in [3.05, 3.63) is 59.2 Å². The van der Waals surface area contributed by atoms with E-state index in [-0.39, 0.29) is 5.39 Å². The molecule has 0 aliphatic heterocycles. The van der Waals surface area contributed by atoms with Crippen LogP contribution in [0.4, 0.5) is 0 Å². The van der Waals surface area contributed by atoms with Crippen LogP contribution in [0.5, 0.6) is 11.5 Å². The van der Waals surface area contributed by atoms with Crippen molar-refractivity contribution < 1.29 is 24.5 Å². The number of aromatic hydroxyl groups is 1. The van der Waals surface area contributed by atoms with Crippen molar-refractivity contribution in [3.8, 4) is 34.0 Å². The van der Waals surface area contributed by atoms with Gasteiger partial charge in [0.25, 0.3) is 0 Å². The number of carboxylic acid groups (broad SMARTS) is 1. The second-order valence-electron chi connectivity index (χ2n) is 6.81. The molecule has 8 nitrogen and oxygen atoms in total.